The molecule has 7 nitrogen and oxygen atoms in total. The number of hydrogen-bond donors (Lipinski definition) is 2. The first-order chi connectivity index (χ1) is 11.3. The number of rotatable bonds is 6. The van der Waals surface area contributed by atoms with Gasteiger partial charge in [0.1, 0.15) is 17.2 Å². The van der Waals surface area contributed by atoms with Crippen molar-refractivity contribution >= 4 is 33.3 Å². The summed E-state index contributed by atoms with van der Waals surface area (Å²) >= 11 is 5.81. The Hall–Kier alpha value is -2.45. The van der Waals surface area contributed by atoms with Gasteiger partial charge < -0.3 is 14.6 Å². The van der Waals surface area contributed by atoms with Gasteiger partial charge in [0.25, 0.3) is 10.0 Å². The van der Waals surface area contributed by atoms with E-state index >= 15 is 0 Å². The van der Waals surface area contributed by atoms with Gasteiger partial charge in [-0.1, -0.05) is 17.7 Å². The summed E-state index contributed by atoms with van der Waals surface area (Å²) in [5.41, 5.74) is -0.512. The van der Waals surface area contributed by atoms with Crippen molar-refractivity contribution in [2.75, 3.05) is 18.9 Å². The Morgan fingerprint density at radius 1 is 1.17 bits per heavy atom. The summed E-state index contributed by atoms with van der Waals surface area (Å²) in [6.07, 6.45) is 0. The molecule has 2 aromatic rings. The maximum absolute atomic E-state index is 12.5. The van der Waals surface area contributed by atoms with Crippen molar-refractivity contribution in [3.63, 3.8) is 0 Å². The number of carbonyl (C=O) groups is 1. The van der Waals surface area contributed by atoms with E-state index in [1.807, 2.05) is 0 Å². The molecule has 0 aliphatic rings. The van der Waals surface area contributed by atoms with Gasteiger partial charge in [0, 0.05) is 11.1 Å². The zero-order chi connectivity index (χ0) is 17.9. The number of hydrogen-bond acceptors (Lipinski definition) is 5. The first-order valence-electron chi connectivity index (χ1n) is 6.56. The fourth-order valence-electron chi connectivity index (χ4n) is 1.97. The van der Waals surface area contributed by atoms with Crippen molar-refractivity contribution in [2.24, 2.45) is 0 Å². The molecular weight excluding hydrogens is 358 g/mol. The quantitative estimate of drug-likeness (QED) is 0.809. The summed E-state index contributed by atoms with van der Waals surface area (Å²) in [4.78, 5) is 11.4. The highest BCUT2D eigenvalue weighted by Crippen LogP contribution is 2.35. The smallest absolute Gasteiger partial charge is 0.338 e. The predicted octanol–water partition coefficient (Wildman–Crippen LogP) is 2.86. The Morgan fingerprint density at radius 2 is 1.88 bits per heavy atom. The Kier molecular flexibility index (Phi) is 5.20. The van der Waals surface area contributed by atoms with Gasteiger partial charge in [-0.2, -0.15) is 0 Å². The number of benzene rings is 2. The lowest BCUT2D eigenvalue weighted by molar-refractivity contribution is 0.0697. The molecule has 0 saturated carbocycles. The van der Waals surface area contributed by atoms with Crippen LogP contribution in [0.3, 0.4) is 0 Å². The summed E-state index contributed by atoms with van der Waals surface area (Å²) in [6.45, 7) is 0. The van der Waals surface area contributed by atoms with Crippen LogP contribution in [0.1, 0.15) is 10.4 Å². The summed E-state index contributed by atoms with van der Waals surface area (Å²) in [5.74, 6) is -1.11. The minimum absolute atomic E-state index is 0.0114. The van der Waals surface area contributed by atoms with Crippen LogP contribution in [0.4, 0.5) is 5.69 Å². The van der Waals surface area contributed by atoms with E-state index in [4.69, 9.17) is 21.1 Å². The van der Waals surface area contributed by atoms with Crippen LogP contribution >= 0.6 is 11.6 Å². The van der Waals surface area contributed by atoms with Gasteiger partial charge in [-0.3, -0.25) is 4.72 Å². The standard InChI is InChI=1S/C15H14ClNO6S/c1-22-10-7-12(15(18)19)14(13(8-10)23-2)17-24(20,21)11-5-3-4-9(16)6-11/h3-8,17H,1-2H3,(H,18,19). The van der Waals surface area contributed by atoms with E-state index in [0.717, 1.165) is 0 Å². The van der Waals surface area contributed by atoms with Crippen LogP contribution in [-0.4, -0.2) is 33.7 Å². The predicted molar refractivity (Wildman–Crippen MR) is 88.8 cm³/mol. The molecule has 2 N–H and O–H groups in total. The van der Waals surface area contributed by atoms with Crippen molar-refractivity contribution in [2.45, 2.75) is 4.90 Å². The average molecular weight is 372 g/mol. The number of sulfonamides is 1. The highest BCUT2D eigenvalue weighted by atomic mass is 35.5. The van der Waals surface area contributed by atoms with Gasteiger partial charge in [-0.25, -0.2) is 13.2 Å². The molecule has 0 heterocycles. The van der Waals surface area contributed by atoms with Gasteiger partial charge in [-0.05, 0) is 24.3 Å². The molecule has 24 heavy (non-hydrogen) atoms. The van der Waals surface area contributed by atoms with Gasteiger partial charge >= 0.3 is 5.97 Å². The van der Waals surface area contributed by atoms with Crippen LogP contribution in [0.25, 0.3) is 0 Å². The molecule has 0 radical (unpaired) electrons. The monoisotopic (exact) mass is 371 g/mol. The molecule has 0 unspecified atom stereocenters. The third-order valence-electron chi connectivity index (χ3n) is 3.10. The molecular formula is C15H14ClNO6S. The maximum atomic E-state index is 12.5. The topological polar surface area (TPSA) is 102 Å². The number of anilines is 1. The minimum atomic E-state index is -4.06. The molecule has 0 atom stereocenters. The molecule has 0 fully saturated rings. The van der Waals surface area contributed by atoms with Crippen molar-refractivity contribution in [3.8, 4) is 11.5 Å². The molecule has 2 aromatic carbocycles. The van der Waals surface area contributed by atoms with E-state index in [1.165, 1.54) is 50.6 Å². The minimum Gasteiger partial charge on any atom is -0.497 e. The highest BCUT2D eigenvalue weighted by molar-refractivity contribution is 7.92. The van der Waals surface area contributed by atoms with E-state index in [1.54, 1.807) is 0 Å². The Morgan fingerprint density at radius 3 is 2.42 bits per heavy atom. The number of methoxy groups -OCH3 is 2. The average Bonchev–Trinajstić information content (AvgIpc) is 2.54. The molecule has 128 valence electrons. The van der Waals surface area contributed by atoms with Gasteiger partial charge in [0.15, 0.2) is 0 Å². The van der Waals surface area contributed by atoms with Crippen LogP contribution in [0.5, 0.6) is 11.5 Å². The molecule has 0 aliphatic carbocycles. The Balaban J connectivity index is 2.57. The third kappa shape index (κ3) is 3.72. The van der Waals surface area contributed by atoms with E-state index in [0.29, 0.717) is 0 Å². The second-order valence-corrected chi connectivity index (χ2v) is 6.74. The van der Waals surface area contributed by atoms with Crippen LogP contribution in [0, 0.1) is 0 Å². The number of aromatic carboxylic acids is 1. The number of carboxylic acids is 1. The second kappa shape index (κ2) is 6.98. The van der Waals surface area contributed by atoms with Crippen molar-refractivity contribution in [1.29, 1.82) is 0 Å². The molecule has 0 spiro atoms. The van der Waals surface area contributed by atoms with E-state index < -0.39 is 16.0 Å². The fraction of sp³-hybridized carbons (Fsp3) is 0.133. The Labute approximate surface area is 143 Å². The first kappa shape index (κ1) is 17.9. The molecule has 9 heteroatoms. The van der Waals surface area contributed by atoms with Crippen LogP contribution in [0.2, 0.25) is 5.02 Å². The summed E-state index contributed by atoms with van der Waals surface area (Å²) in [5, 5.41) is 9.58. The van der Waals surface area contributed by atoms with Crippen LogP contribution in [-0.2, 0) is 10.0 Å². The van der Waals surface area contributed by atoms with Crippen molar-refractivity contribution < 1.29 is 27.8 Å². The lowest BCUT2D eigenvalue weighted by Gasteiger charge is -2.16. The number of nitrogens with one attached hydrogen (secondary N) is 1. The molecule has 0 aliphatic heterocycles. The van der Waals surface area contributed by atoms with Crippen LogP contribution in [0.15, 0.2) is 41.3 Å². The lowest BCUT2D eigenvalue weighted by Crippen LogP contribution is -2.16. The maximum Gasteiger partial charge on any atom is 0.338 e. The fourth-order valence-corrected chi connectivity index (χ4v) is 3.36. The first-order valence-corrected chi connectivity index (χ1v) is 8.42. The summed E-state index contributed by atoms with van der Waals surface area (Å²) < 4.78 is 37.3. The van der Waals surface area contributed by atoms with E-state index in [-0.39, 0.29) is 32.7 Å². The van der Waals surface area contributed by atoms with Gasteiger partial charge in [0.2, 0.25) is 0 Å². The second-order valence-electron chi connectivity index (χ2n) is 4.62. The number of carboxylic acid groups (broad SMARTS) is 1. The van der Waals surface area contributed by atoms with E-state index in [9.17, 15) is 18.3 Å². The van der Waals surface area contributed by atoms with E-state index in [2.05, 4.69) is 4.72 Å². The summed E-state index contributed by atoms with van der Waals surface area (Å²) in [7, 11) is -1.42. The highest BCUT2D eigenvalue weighted by Gasteiger charge is 2.23. The summed E-state index contributed by atoms with van der Waals surface area (Å²) in [6, 6.07) is 8.16. The molecule has 2 rings (SSSR count). The molecule has 0 amide bonds. The van der Waals surface area contributed by atoms with Crippen LogP contribution < -0.4 is 14.2 Å². The number of ether oxygens (including phenoxy) is 2. The van der Waals surface area contributed by atoms with Crippen molar-refractivity contribution in [1.82, 2.24) is 0 Å². The molecule has 0 aromatic heterocycles. The zero-order valence-electron chi connectivity index (χ0n) is 12.7. The molecule has 0 saturated heterocycles. The van der Waals surface area contributed by atoms with Crippen molar-refractivity contribution in [3.05, 3.63) is 47.0 Å². The van der Waals surface area contributed by atoms with Gasteiger partial charge in [0.05, 0.1) is 24.7 Å². The number of halogens is 1. The lowest BCUT2D eigenvalue weighted by atomic mass is 10.1. The third-order valence-corrected chi connectivity index (χ3v) is 4.69. The largest absolute Gasteiger partial charge is 0.497 e. The normalized spacial score (nSPS) is 11.0. The van der Waals surface area contributed by atoms with Gasteiger partial charge in [-0.15, -0.1) is 0 Å². The molecule has 0 bridgehead atoms. The zero-order valence-corrected chi connectivity index (χ0v) is 14.3. The SMILES string of the molecule is COc1cc(OC)c(NS(=O)(=O)c2cccc(Cl)c2)c(C(=O)O)c1. The Bertz CT molecular complexity index is 882.